The Kier molecular flexibility index (Phi) is 4.94. The molecule has 1 aromatic carbocycles. The van der Waals surface area contributed by atoms with E-state index < -0.39 is 10.0 Å². The maximum Gasteiger partial charge on any atom is 0.240 e. The molecule has 1 aromatic heterocycles. The van der Waals surface area contributed by atoms with Crippen LogP contribution in [0, 0.1) is 0 Å². The summed E-state index contributed by atoms with van der Waals surface area (Å²) in [6.07, 6.45) is 3.05. The van der Waals surface area contributed by atoms with Crippen molar-refractivity contribution >= 4 is 10.0 Å². The SMILES string of the molecule is CCOc1ccc(S(=O)(=O)NCc2cnc[nH]2)cc1CN. The second-order valence-electron chi connectivity index (χ2n) is 4.31. The van der Waals surface area contributed by atoms with Crippen molar-refractivity contribution in [3.05, 3.63) is 42.0 Å². The summed E-state index contributed by atoms with van der Waals surface area (Å²) in [6.45, 7) is 2.71. The van der Waals surface area contributed by atoms with Crippen molar-refractivity contribution in [2.45, 2.75) is 24.9 Å². The molecule has 0 aliphatic carbocycles. The predicted octanol–water partition coefficient (Wildman–Crippen LogP) is 0.746. The second kappa shape index (κ2) is 6.70. The summed E-state index contributed by atoms with van der Waals surface area (Å²) in [6, 6.07) is 4.65. The van der Waals surface area contributed by atoms with Crippen molar-refractivity contribution in [2.75, 3.05) is 6.61 Å². The molecule has 2 rings (SSSR count). The molecule has 21 heavy (non-hydrogen) atoms. The molecule has 0 bridgehead atoms. The van der Waals surface area contributed by atoms with Crippen molar-refractivity contribution in [2.24, 2.45) is 5.73 Å². The number of ether oxygens (including phenoxy) is 1. The molecule has 0 atom stereocenters. The van der Waals surface area contributed by atoms with Crippen LogP contribution in [0.15, 0.2) is 35.6 Å². The number of sulfonamides is 1. The Labute approximate surface area is 123 Å². The third-order valence-electron chi connectivity index (χ3n) is 2.87. The molecule has 0 saturated carbocycles. The molecule has 0 radical (unpaired) electrons. The molecule has 2 aromatic rings. The zero-order valence-electron chi connectivity index (χ0n) is 11.7. The van der Waals surface area contributed by atoms with Crippen LogP contribution in [0.2, 0.25) is 0 Å². The van der Waals surface area contributed by atoms with Crippen molar-refractivity contribution in [1.82, 2.24) is 14.7 Å². The quantitative estimate of drug-likeness (QED) is 0.699. The number of hydrogen-bond donors (Lipinski definition) is 3. The third-order valence-corrected chi connectivity index (χ3v) is 4.27. The van der Waals surface area contributed by atoms with E-state index in [1.807, 2.05) is 6.92 Å². The third kappa shape index (κ3) is 3.81. The van der Waals surface area contributed by atoms with E-state index in [2.05, 4.69) is 14.7 Å². The van der Waals surface area contributed by atoms with Gasteiger partial charge in [0.1, 0.15) is 5.75 Å². The molecule has 114 valence electrons. The predicted molar refractivity (Wildman–Crippen MR) is 78.1 cm³/mol. The van der Waals surface area contributed by atoms with Gasteiger partial charge in [-0.05, 0) is 25.1 Å². The number of nitrogens with one attached hydrogen (secondary N) is 2. The van der Waals surface area contributed by atoms with E-state index in [-0.39, 0.29) is 18.0 Å². The minimum Gasteiger partial charge on any atom is -0.494 e. The molecule has 0 fully saturated rings. The smallest absolute Gasteiger partial charge is 0.240 e. The molecular formula is C13H18N4O3S. The summed E-state index contributed by atoms with van der Waals surface area (Å²) in [5.41, 5.74) is 6.97. The van der Waals surface area contributed by atoms with Crippen LogP contribution >= 0.6 is 0 Å². The van der Waals surface area contributed by atoms with Crippen LogP contribution in [0.25, 0.3) is 0 Å². The number of hydrogen-bond acceptors (Lipinski definition) is 5. The number of rotatable bonds is 7. The molecule has 7 nitrogen and oxygen atoms in total. The summed E-state index contributed by atoms with van der Waals surface area (Å²) in [4.78, 5) is 6.82. The number of imidazole rings is 1. The van der Waals surface area contributed by atoms with E-state index in [4.69, 9.17) is 10.5 Å². The number of aromatic amines is 1. The lowest BCUT2D eigenvalue weighted by Crippen LogP contribution is -2.23. The molecule has 0 spiro atoms. The van der Waals surface area contributed by atoms with Gasteiger partial charge in [-0.25, -0.2) is 18.1 Å². The fourth-order valence-electron chi connectivity index (χ4n) is 1.82. The fourth-order valence-corrected chi connectivity index (χ4v) is 2.87. The minimum absolute atomic E-state index is 0.146. The van der Waals surface area contributed by atoms with Gasteiger partial charge in [-0.15, -0.1) is 0 Å². The lowest BCUT2D eigenvalue weighted by molar-refractivity contribution is 0.336. The van der Waals surface area contributed by atoms with E-state index in [1.54, 1.807) is 12.3 Å². The number of nitrogens with zero attached hydrogens (tertiary/aromatic N) is 1. The van der Waals surface area contributed by atoms with Crippen LogP contribution in [0.1, 0.15) is 18.2 Å². The number of benzene rings is 1. The van der Waals surface area contributed by atoms with Gasteiger partial charge in [-0.2, -0.15) is 0 Å². The van der Waals surface area contributed by atoms with Crippen LogP contribution in [0.4, 0.5) is 0 Å². The minimum atomic E-state index is -3.61. The maximum absolute atomic E-state index is 12.2. The molecule has 4 N–H and O–H groups in total. The summed E-state index contributed by atoms with van der Waals surface area (Å²) in [7, 11) is -3.61. The summed E-state index contributed by atoms with van der Waals surface area (Å²) in [5, 5.41) is 0. The van der Waals surface area contributed by atoms with Gasteiger partial charge in [0.2, 0.25) is 10.0 Å². The molecule has 0 unspecified atom stereocenters. The van der Waals surface area contributed by atoms with E-state index >= 15 is 0 Å². The van der Waals surface area contributed by atoms with Crippen LogP contribution in [-0.4, -0.2) is 25.0 Å². The van der Waals surface area contributed by atoms with Gasteiger partial charge in [0.25, 0.3) is 0 Å². The van der Waals surface area contributed by atoms with Crippen LogP contribution in [-0.2, 0) is 23.1 Å². The van der Waals surface area contributed by atoms with Gasteiger partial charge in [-0.3, -0.25) is 0 Å². The van der Waals surface area contributed by atoms with Gasteiger partial charge in [0, 0.05) is 24.0 Å². The van der Waals surface area contributed by atoms with Crippen molar-refractivity contribution in [3.8, 4) is 5.75 Å². The highest BCUT2D eigenvalue weighted by molar-refractivity contribution is 7.89. The molecule has 0 saturated heterocycles. The first-order valence-corrected chi connectivity index (χ1v) is 7.98. The summed E-state index contributed by atoms with van der Waals surface area (Å²) in [5.74, 6) is 0.604. The van der Waals surface area contributed by atoms with Crippen LogP contribution in [0.5, 0.6) is 5.75 Å². The topological polar surface area (TPSA) is 110 Å². The molecule has 0 aliphatic heterocycles. The fraction of sp³-hybridized carbons (Fsp3) is 0.308. The van der Waals surface area contributed by atoms with E-state index in [0.29, 0.717) is 23.6 Å². The average molecular weight is 310 g/mol. The van der Waals surface area contributed by atoms with Crippen molar-refractivity contribution < 1.29 is 13.2 Å². The highest BCUT2D eigenvalue weighted by atomic mass is 32.2. The summed E-state index contributed by atoms with van der Waals surface area (Å²) >= 11 is 0. The Morgan fingerprint density at radius 3 is 2.86 bits per heavy atom. The maximum atomic E-state index is 12.2. The summed E-state index contributed by atoms with van der Waals surface area (Å²) < 4.78 is 32.4. The van der Waals surface area contributed by atoms with E-state index in [9.17, 15) is 8.42 Å². The zero-order chi connectivity index (χ0) is 15.3. The van der Waals surface area contributed by atoms with Gasteiger partial charge < -0.3 is 15.5 Å². The molecule has 8 heteroatoms. The molecule has 0 amide bonds. The number of aromatic nitrogens is 2. The van der Waals surface area contributed by atoms with Crippen molar-refractivity contribution in [3.63, 3.8) is 0 Å². The second-order valence-corrected chi connectivity index (χ2v) is 6.08. The highest BCUT2D eigenvalue weighted by Crippen LogP contribution is 2.22. The highest BCUT2D eigenvalue weighted by Gasteiger charge is 2.16. The Morgan fingerprint density at radius 2 is 2.24 bits per heavy atom. The van der Waals surface area contributed by atoms with Gasteiger partial charge >= 0.3 is 0 Å². The molecule has 1 heterocycles. The number of nitrogens with two attached hydrogens (primary N) is 1. The monoisotopic (exact) mass is 310 g/mol. The first-order valence-electron chi connectivity index (χ1n) is 6.49. The Hall–Kier alpha value is -1.90. The van der Waals surface area contributed by atoms with E-state index in [0.717, 1.165) is 0 Å². The Balaban J connectivity index is 2.19. The van der Waals surface area contributed by atoms with Gasteiger partial charge in [0.15, 0.2) is 0 Å². The Bertz CT molecular complexity index is 683. The molecule has 0 aliphatic rings. The molecular weight excluding hydrogens is 292 g/mol. The first kappa shape index (κ1) is 15.5. The number of H-pyrrole nitrogens is 1. The lowest BCUT2D eigenvalue weighted by atomic mass is 10.2. The average Bonchev–Trinajstić information content (AvgIpc) is 2.99. The first-order chi connectivity index (χ1) is 10.1. The lowest BCUT2D eigenvalue weighted by Gasteiger charge is -2.11. The van der Waals surface area contributed by atoms with Crippen LogP contribution < -0.4 is 15.2 Å². The van der Waals surface area contributed by atoms with Gasteiger partial charge in [-0.1, -0.05) is 0 Å². The Morgan fingerprint density at radius 1 is 1.43 bits per heavy atom. The zero-order valence-corrected chi connectivity index (χ0v) is 12.5. The van der Waals surface area contributed by atoms with Crippen molar-refractivity contribution in [1.29, 1.82) is 0 Å². The normalized spacial score (nSPS) is 11.5. The largest absolute Gasteiger partial charge is 0.494 e. The van der Waals surface area contributed by atoms with Crippen LogP contribution in [0.3, 0.4) is 0 Å². The van der Waals surface area contributed by atoms with Gasteiger partial charge in [0.05, 0.1) is 24.4 Å². The van der Waals surface area contributed by atoms with E-state index in [1.165, 1.54) is 18.5 Å². The standard InChI is InChI=1S/C13H18N4O3S/c1-2-20-13-4-3-12(5-10(13)6-14)21(18,19)17-8-11-7-15-9-16-11/h3-5,7,9,17H,2,6,8,14H2,1H3,(H,15,16).